The van der Waals surface area contributed by atoms with Gasteiger partial charge in [0.25, 0.3) is 5.91 Å². The Balaban J connectivity index is 1.53. The summed E-state index contributed by atoms with van der Waals surface area (Å²) in [5, 5.41) is 12.5. The van der Waals surface area contributed by atoms with Gasteiger partial charge in [-0.1, -0.05) is 0 Å². The Labute approximate surface area is 197 Å². The van der Waals surface area contributed by atoms with Crippen molar-refractivity contribution in [1.29, 1.82) is 0 Å². The minimum Gasteiger partial charge on any atom is -0.479 e. The monoisotopic (exact) mass is 460 g/mol. The van der Waals surface area contributed by atoms with Crippen LogP contribution >= 0.6 is 0 Å². The van der Waals surface area contributed by atoms with E-state index in [1.807, 2.05) is 38.5 Å². The summed E-state index contributed by atoms with van der Waals surface area (Å²) in [6, 6.07) is 6.31. The molecule has 1 amide bonds. The van der Waals surface area contributed by atoms with E-state index in [-0.39, 0.29) is 5.91 Å². The smallest absolute Gasteiger partial charge is 0.259 e. The summed E-state index contributed by atoms with van der Waals surface area (Å²) in [5.74, 6) is 1.05. The van der Waals surface area contributed by atoms with Crippen LogP contribution in [0.3, 0.4) is 0 Å². The number of methoxy groups -OCH3 is 1. The van der Waals surface area contributed by atoms with Crippen molar-refractivity contribution in [2.75, 3.05) is 30.4 Å². The first-order valence-electron chi connectivity index (χ1n) is 11.3. The van der Waals surface area contributed by atoms with E-state index in [0.29, 0.717) is 46.2 Å². The SMILES string of the molecule is COc1nc(NC(=O)c2ccc(N3CC(C)NC(C)C3)c3cnc(C)nc23)cc2cn(C)nc12. The van der Waals surface area contributed by atoms with Crippen LogP contribution in [-0.4, -0.2) is 62.9 Å². The van der Waals surface area contributed by atoms with Crippen molar-refractivity contribution in [2.45, 2.75) is 32.9 Å². The molecule has 2 atom stereocenters. The van der Waals surface area contributed by atoms with Gasteiger partial charge in [-0.2, -0.15) is 10.1 Å². The number of aryl methyl sites for hydroxylation is 2. The predicted molar refractivity (Wildman–Crippen MR) is 132 cm³/mol. The summed E-state index contributed by atoms with van der Waals surface area (Å²) in [4.78, 5) is 29.2. The molecule has 1 aromatic carbocycles. The van der Waals surface area contributed by atoms with Crippen LogP contribution in [0.15, 0.2) is 30.6 Å². The second-order valence-corrected chi connectivity index (χ2v) is 8.90. The number of ether oxygens (including phenoxy) is 1. The Kier molecular flexibility index (Phi) is 5.52. The van der Waals surface area contributed by atoms with E-state index < -0.39 is 0 Å². The number of rotatable bonds is 4. The number of amides is 1. The summed E-state index contributed by atoms with van der Waals surface area (Å²) in [6.07, 6.45) is 3.66. The van der Waals surface area contributed by atoms with E-state index in [1.54, 1.807) is 10.7 Å². The number of carbonyl (C=O) groups excluding carboxylic acids is 1. The number of carbonyl (C=O) groups is 1. The number of piperazine rings is 1. The van der Waals surface area contributed by atoms with Gasteiger partial charge in [0, 0.05) is 61.1 Å². The topological polar surface area (TPSA) is 110 Å². The number of nitrogens with one attached hydrogen (secondary N) is 2. The summed E-state index contributed by atoms with van der Waals surface area (Å²) >= 11 is 0. The van der Waals surface area contributed by atoms with Gasteiger partial charge in [0.15, 0.2) is 5.52 Å². The summed E-state index contributed by atoms with van der Waals surface area (Å²) in [5.41, 5.74) is 2.76. The number of aromatic nitrogens is 5. The highest BCUT2D eigenvalue weighted by atomic mass is 16.5. The number of anilines is 2. The van der Waals surface area contributed by atoms with E-state index in [9.17, 15) is 4.79 Å². The number of hydrogen-bond acceptors (Lipinski definition) is 8. The van der Waals surface area contributed by atoms with Crippen molar-refractivity contribution in [2.24, 2.45) is 7.05 Å². The van der Waals surface area contributed by atoms with Gasteiger partial charge in [-0.25, -0.2) is 9.97 Å². The lowest BCUT2D eigenvalue weighted by atomic mass is 10.0. The maximum atomic E-state index is 13.4. The third kappa shape index (κ3) is 4.01. The number of hydrogen-bond donors (Lipinski definition) is 2. The lowest BCUT2D eigenvalue weighted by molar-refractivity contribution is 0.102. The zero-order chi connectivity index (χ0) is 24.0. The number of benzene rings is 1. The Bertz CT molecular complexity index is 1390. The highest BCUT2D eigenvalue weighted by molar-refractivity contribution is 6.13. The molecule has 2 unspecified atom stereocenters. The zero-order valence-electron chi connectivity index (χ0n) is 20.0. The minimum absolute atomic E-state index is 0.297. The first kappa shape index (κ1) is 22.0. The van der Waals surface area contributed by atoms with Crippen molar-refractivity contribution in [3.8, 4) is 5.88 Å². The van der Waals surface area contributed by atoms with Crippen molar-refractivity contribution >= 4 is 39.2 Å². The molecular weight excluding hydrogens is 432 g/mol. The van der Waals surface area contributed by atoms with Gasteiger partial charge in [-0.3, -0.25) is 9.48 Å². The fourth-order valence-corrected chi connectivity index (χ4v) is 4.69. The number of fused-ring (bicyclic) bond motifs is 2. The lowest BCUT2D eigenvalue weighted by Crippen LogP contribution is -2.54. The molecule has 5 rings (SSSR count). The molecule has 1 aliphatic heterocycles. The Morgan fingerprint density at radius 1 is 1.18 bits per heavy atom. The van der Waals surface area contributed by atoms with Crippen LogP contribution in [0.25, 0.3) is 21.8 Å². The summed E-state index contributed by atoms with van der Waals surface area (Å²) < 4.78 is 7.07. The van der Waals surface area contributed by atoms with Gasteiger partial charge < -0.3 is 20.3 Å². The third-order valence-corrected chi connectivity index (χ3v) is 6.00. The highest BCUT2D eigenvalue weighted by Crippen LogP contribution is 2.31. The fraction of sp³-hybridized carbons (Fsp3) is 0.375. The highest BCUT2D eigenvalue weighted by Gasteiger charge is 2.24. The van der Waals surface area contributed by atoms with E-state index in [0.717, 1.165) is 29.5 Å². The van der Waals surface area contributed by atoms with Gasteiger partial charge in [-0.15, -0.1) is 0 Å². The fourth-order valence-electron chi connectivity index (χ4n) is 4.69. The first-order chi connectivity index (χ1) is 16.3. The van der Waals surface area contributed by atoms with Crippen LogP contribution in [0.1, 0.15) is 30.0 Å². The maximum absolute atomic E-state index is 13.4. The third-order valence-electron chi connectivity index (χ3n) is 6.00. The van der Waals surface area contributed by atoms with Crippen LogP contribution < -0.4 is 20.3 Å². The molecule has 10 heteroatoms. The zero-order valence-corrected chi connectivity index (χ0v) is 20.0. The number of pyridine rings is 1. The maximum Gasteiger partial charge on any atom is 0.259 e. The van der Waals surface area contributed by atoms with E-state index in [4.69, 9.17) is 4.74 Å². The molecule has 176 valence electrons. The molecule has 0 spiro atoms. The quantitative estimate of drug-likeness (QED) is 0.478. The van der Waals surface area contributed by atoms with E-state index in [1.165, 1.54) is 7.11 Å². The van der Waals surface area contributed by atoms with Gasteiger partial charge in [0.05, 0.1) is 18.2 Å². The van der Waals surface area contributed by atoms with Gasteiger partial charge in [0.2, 0.25) is 5.88 Å². The average molecular weight is 461 g/mol. The van der Waals surface area contributed by atoms with Crippen LogP contribution in [-0.2, 0) is 7.05 Å². The standard InChI is InChI=1S/C24H28N8O2/c1-13-10-32(11-14(2)26-13)19-7-6-17(22-18(19)9-25-15(3)27-22)23(33)28-20-8-16-12-31(4)30-21(16)24(29-20)34-5/h6-9,12-14,26H,10-11H2,1-5H3,(H,28,33). The van der Waals surface area contributed by atoms with Crippen LogP contribution in [0.2, 0.25) is 0 Å². The van der Waals surface area contributed by atoms with Crippen LogP contribution in [0.5, 0.6) is 5.88 Å². The molecule has 1 aliphatic rings. The minimum atomic E-state index is -0.297. The normalized spacial score (nSPS) is 18.4. The van der Waals surface area contributed by atoms with Gasteiger partial charge in [0.1, 0.15) is 11.6 Å². The number of nitrogens with zero attached hydrogens (tertiary/aromatic N) is 6. The second-order valence-electron chi connectivity index (χ2n) is 8.90. The molecule has 3 aromatic heterocycles. The molecule has 1 fully saturated rings. The molecule has 0 bridgehead atoms. The van der Waals surface area contributed by atoms with Crippen molar-refractivity contribution < 1.29 is 9.53 Å². The molecule has 0 saturated carbocycles. The van der Waals surface area contributed by atoms with E-state index in [2.05, 4.69) is 49.4 Å². The lowest BCUT2D eigenvalue weighted by Gasteiger charge is -2.38. The first-order valence-corrected chi connectivity index (χ1v) is 11.3. The molecule has 4 heterocycles. The molecule has 34 heavy (non-hydrogen) atoms. The molecule has 2 N–H and O–H groups in total. The summed E-state index contributed by atoms with van der Waals surface area (Å²) in [7, 11) is 3.36. The predicted octanol–water partition coefficient (Wildman–Crippen LogP) is 2.67. The molecule has 10 nitrogen and oxygen atoms in total. The van der Waals surface area contributed by atoms with Crippen LogP contribution in [0.4, 0.5) is 11.5 Å². The van der Waals surface area contributed by atoms with E-state index >= 15 is 0 Å². The van der Waals surface area contributed by atoms with Crippen molar-refractivity contribution in [3.63, 3.8) is 0 Å². The van der Waals surface area contributed by atoms with Crippen LogP contribution in [0, 0.1) is 6.92 Å². The second kappa shape index (κ2) is 8.53. The van der Waals surface area contributed by atoms with Crippen molar-refractivity contribution in [3.05, 3.63) is 42.0 Å². The Morgan fingerprint density at radius 3 is 2.68 bits per heavy atom. The molecule has 0 radical (unpaired) electrons. The Morgan fingerprint density at radius 2 is 1.94 bits per heavy atom. The molecule has 0 aliphatic carbocycles. The molecule has 4 aromatic rings. The van der Waals surface area contributed by atoms with Gasteiger partial charge >= 0.3 is 0 Å². The largest absolute Gasteiger partial charge is 0.479 e. The Hall–Kier alpha value is -3.79. The molecule has 1 saturated heterocycles. The molecular formula is C24H28N8O2. The summed E-state index contributed by atoms with van der Waals surface area (Å²) in [6.45, 7) is 7.91. The van der Waals surface area contributed by atoms with Crippen molar-refractivity contribution in [1.82, 2.24) is 30.0 Å². The van der Waals surface area contributed by atoms with Gasteiger partial charge in [-0.05, 0) is 39.0 Å². The average Bonchev–Trinajstić information content (AvgIpc) is 3.16.